The van der Waals surface area contributed by atoms with Gasteiger partial charge in [-0.2, -0.15) is 0 Å². The first-order chi connectivity index (χ1) is 16.3. The lowest BCUT2D eigenvalue weighted by Gasteiger charge is -2.30. The average molecular weight is 452 g/mol. The van der Waals surface area contributed by atoms with Gasteiger partial charge in [0.15, 0.2) is 11.5 Å². The Hall–Kier alpha value is -3.23. The number of nitrogens with one attached hydrogen (secondary N) is 1. The van der Waals surface area contributed by atoms with Crippen LogP contribution >= 0.6 is 0 Å². The van der Waals surface area contributed by atoms with Gasteiger partial charge in [0.05, 0.1) is 27.4 Å². The van der Waals surface area contributed by atoms with Crippen molar-refractivity contribution >= 4 is 16.7 Å². The molecule has 0 spiro atoms. The second-order valence-electron chi connectivity index (χ2n) is 8.07. The summed E-state index contributed by atoms with van der Waals surface area (Å²) >= 11 is 0. The van der Waals surface area contributed by atoms with Crippen LogP contribution in [-0.4, -0.2) is 64.8 Å². The molecule has 1 saturated heterocycles. The highest BCUT2D eigenvalue weighted by atomic mass is 16.6. The van der Waals surface area contributed by atoms with Gasteiger partial charge in [0.1, 0.15) is 35.5 Å². The second kappa shape index (κ2) is 9.72. The third-order valence-corrected chi connectivity index (χ3v) is 5.97. The Morgan fingerprint density at radius 3 is 2.58 bits per heavy atom. The average Bonchev–Trinajstić information content (AvgIpc) is 2.88. The van der Waals surface area contributed by atoms with E-state index in [1.54, 1.807) is 14.2 Å². The molecule has 3 heterocycles. The van der Waals surface area contributed by atoms with Crippen molar-refractivity contribution in [3.63, 3.8) is 0 Å². The monoisotopic (exact) mass is 451 g/mol. The van der Waals surface area contributed by atoms with Gasteiger partial charge >= 0.3 is 0 Å². The van der Waals surface area contributed by atoms with E-state index in [9.17, 15) is 0 Å². The van der Waals surface area contributed by atoms with Crippen molar-refractivity contribution in [2.45, 2.75) is 12.6 Å². The Morgan fingerprint density at radius 2 is 1.79 bits per heavy atom. The summed E-state index contributed by atoms with van der Waals surface area (Å²) in [4.78, 5) is 7.32. The lowest BCUT2D eigenvalue weighted by Crippen LogP contribution is -2.39. The van der Waals surface area contributed by atoms with Crippen molar-refractivity contribution in [3.05, 3.63) is 48.0 Å². The molecule has 1 fully saturated rings. The van der Waals surface area contributed by atoms with E-state index in [2.05, 4.69) is 16.3 Å². The lowest BCUT2D eigenvalue weighted by molar-refractivity contribution is 0.0902. The number of ether oxygens (including phenoxy) is 5. The summed E-state index contributed by atoms with van der Waals surface area (Å²) in [5.74, 6) is 4.02. The van der Waals surface area contributed by atoms with E-state index in [1.165, 1.54) is 0 Å². The maximum absolute atomic E-state index is 6.09. The van der Waals surface area contributed by atoms with Crippen LogP contribution in [0.15, 0.2) is 42.5 Å². The number of hydrogen-bond acceptors (Lipinski definition) is 8. The molecular formula is C25H29N3O5. The van der Waals surface area contributed by atoms with E-state index < -0.39 is 0 Å². The topological polar surface area (TPSA) is 74.3 Å². The number of fused-ring (bicyclic) bond motifs is 2. The minimum atomic E-state index is -0.0604. The van der Waals surface area contributed by atoms with Crippen molar-refractivity contribution in [3.8, 4) is 23.0 Å². The predicted molar refractivity (Wildman–Crippen MR) is 126 cm³/mol. The molecule has 1 aromatic heterocycles. The van der Waals surface area contributed by atoms with Crippen molar-refractivity contribution < 1.29 is 23.7 Å². The number of morpholine rings is 1. The van der Waals surface area contributed by atoms with Gasteiger partial charge in [0.2, 0.25) is 0 Å². The van der Waals surface area contributed by atoms with Gasteiger partial charge in [-0.3, -0.25) is 0 Å². The zero-order valence-electron chi connectivity index (χ0n) is 19.0. The minimum absolute atomic E-state index is 0.0604. The number of benzene rings is 2. The molecule has 174 valence electrons. The normalized spacial score (nSPS) is 17.8. The first-order valence-electron chi connectivity index (χ1n) is 11.2. The highest BCUT2D eigenvalue weighted by Crippen LogP contribution is 2.36. The van der Waals surface area contributed by atoms with E-state index in [-0.39, 0.29) is 6.10 Å². The number of hydrogen-bond donors (Lipinski definition) is 1. The summed E-state index contributed by atoms with van der Waals surface area (Å²) < 4.78 is 28.7. The van der Waals surface area contributed by atoms with Crippen LogP contribution in [0.4, 0.5) is 5.82 Å². The molecule has 2 aromatic carbocycles. The number of anilines is 1. The molecule has 33 heavy (non-hydrogen) atoms. The molecule has 1 N–H and O–H groups in total. The molecular weight excluding hydrogens is 422 g/mol. The van der Waals surface area contributed by atoms with Gasteiger partial charge in [0, 0.05) is 37.1 Å². The Kier molecular flexibility index (Phi) is 6.37. The fourth-order valence-corrected chi connectivity index (χ4v) is 4.29. The fourth-order valence-electron chi connectivity index (χ4n) is 4.29. The van der Waals surface area contributed by atoms with Crippen LogP contribution in [0.25, 0.3) is 10.9 Å². The molecule has 5 rings (SSSR count). The number of rotatable bonds is 7. The number of para-hydroxylation sites is 2. The Labute approximate surface area is 193 Å². The highest BCUT2D eigenvalue weighted by Gasteiger charge is 2.22. The molecule has 0 amide bonds. The van der Waals surface area contributed by atoms with Crippen molar-refractivity contribution in [1.82, 2.24) is 10.3 Å². The molecule has 8 heteroatoms. The molecule has 8 nitrogen and oxygen atoms in total. The molecule has 0 unspecified atom stereocenters. The van der Waals surface area contributed by atoms with Gasteiger partial charge in [0.25, 0.3) is 0 Å². The van der Waals surface area contributed by atoms with E-state index in [4.69, 9.17) is 28.7 Å². The summed E-state index contributed by atoms with van der Waals surface area (Å²) in [6.07, 6.45) is -0.0604. The Balaban J connectivity index is 1.39. The molecule has 0 radical (unpaired) electrons. The summed E-state index contributed by atoms with van der Waals surface area (Å²) in [6.45, 7) is 4.79. The molecule has 2 aliphatic heterocycles. The summed E-state index contributed by atoms with van der Waals surface area (Å²) in [7, 11) is 3.34. The molecule has 0 aliphatic carbocycles. The molecule has 0 saturated carbocycles. The van der Waals surface area contributed by atoms with Crippen LogP contribution < -0.4 is 29.2 Å². The van der Waals surface area contributed by atoms with Crippen molar-refractivity contribution in [2.24, 2.45) is 0 Å². The van der Waals surface area contributed by atoms with Gasteiger partial charge < -0.3 is 33.9 Å². The third-order valence-electron chi connectivity index (χ3n) is 5.97. The van der Waals surface area contributed by atoms with Crippen molar-refractivity contribution in [2.75, 3.05) is 58.6 Å². The third kappa shape index (κ3) is 4.49. The number of methoxy groups -OCH3 is 2. The number of aromatic nitrogens is 1. The van der Waals surface area contributed by atoms with Crippen LogP contribution in [0, 0.1) is 0 Å². The predicted octanol–water partition coefficient (Wildman–Crippen LogP) is 3.02. The largest absolute Gasteiger partial charge is 0.496 e. The minimum Gasteiger partial charge on any atom is -0.496 e. The van der Waals surface area contributed by atoms with E-state index in [0.717, 1.165) is 58.4 Å². The number of pyridine rings is 1. The summed E-state index contributed by atoms with van der Waals surface area (Å²) in [6, 6.07) is 13.7. The smallest absolute Gasteiger partial charge is 0.161 e. The Morgan fingerprint density at radius 1 is 1.03 bits per heavy atom. The standard InChI is InChI=1S/C25H29N3O5/c1-29-20-7-8-23(30-2)24-19(20)13-17(25(27-24)28-9-11-31-12-10-28)14-26-15-18-16-32-21-5-3-4-6-22(21)33-18/h3-8,13,18,26H,9-12,14-16H2,1-2H3/t18-/m1/s1. The van der Waals surface area contributed by atoms with Crippen LogP contribution in [0.2, 0.25) is 0 Å². The highest BCUT2D eigenvalue weighted by molar-refractivity contribution is 5.92. The van der Waals surface area contributed by atoms with Crippen LogP contribution in [0.1, 0.15) is 5.56 Å². The van der Waals surface area contributed by atoms with Crippen molar-refractivity contribution in [1.29, 1.82) is 0 Å². The number of nitrogens with zero attached hydrogens (tertiary/aromatic N) is 2. The first kappa shape index (κ1) is 21.6. The van der Waals surface area contributed by atoms with E-state index in [1.807, 2.05) is 36.4 Å². The quantitative estimate of drug-likeness (QED) is 0.588. The SMILES string of the molecule is COc1ccc(OC)c2nc(N3CCOCC3)c(CNC[C@@H]3COc4ccccc4O3)cc12. The second-order valence-corrected chi connectivity index (χ2v) is 8.07. The van der Waals surface area contributed by atoms with Crippen LogP contribution in [0.3, 0.4) is 0 Å². The fraction of sp³-hybridized carbons (Fsp3) is 0.400. The van der Waals surface area contributed by atoms with E-state index >= 15 is 0 Å². The van der Waals surface area contributed by atoms with Crippen LogP contribution in [0.5, 0.6) is 23.0 Å². The molecule has 2 aliphatic rings. The maximum atomic E-state index is 6.09. The van der Waals surface area contributed by atoms with E-state index in [0.29, 0.717) is 32.9 Å². The lowest BCUT2D eigenvalue weighted by atomic mass is 10.1. The van der Waals surface area contributed by atoms with Gasteiger partial charge in [-0.25, -0.2) is 4.98 Å². The summed E-state index contributed by atoms with van der Waals surface area (Å²) in [5.41, 5.74) is 1.88. The maximum Gasteiger partial charge on any atom is 0.161 e. The zero-order chi connectivity index (χ0) is 22.6. The molecule has 1 atom stereocenters. The van der Waals surface area contributed by atoms with Gasteiger partial charge in [-0.15, -0.1) is 0 Å². The molecule has 3 aromatic rings. The molecule has 0 bridgehead atoms. The zero-order valence-corrected chi connectivity index (χ0v) is 19.0. The first-order valence-corrected chi connectivity index (χ1v) is 11.2. The Bertz CT molecular complexity index is 1120. The van der Waals surface area contributed by atoms with Gasteiger partial charge in [-0.05, 0) is 30.3 Å². The summed E-state index contributed by atoms with van der Waals surface area (Å²) in [5, 5.41) is 4.47. The van der Waals surface area contributed by atoms with Gasteiger partial charge in [-0.1, -0.05) is 12.1 Å². The van der Waals surface area contributed by atoms with Crippen LogP contribution in [-0.2, 0) is 11.3 Å².